The number of hydrogen-bond donors (Lipinski definition) is 2. The van der Waals surface area contributed by atoms with Crippen LogP contribution in [0, 0.1) is 5.92 Å². The van der Waals surface area contributed by atoms with E-state index in [4.69, 9.17) is 0 Å². The number of hydrogen-bond acceptors (Lipinski definition) is 3. The molecule has 3 aromatic rings. The van der Waals surface area contributed by atoms with Crippen LogP contribution in [0.3, 0.4) is 0 Å². The Labute approximate surface area is 157 Å². The largest absolute Gasteiger partial charge is 0.342 e. The SMILES string of the molecule is O=C(Nc1nc2ccccc2[nH]1)C1CCCN(C(=O)Cc2ccccc2)C1. The zero-order chi connectivity index (χ0) is 18.6. The molecule has 1 atom stereocenters. The molecule has 1 fully saturated rings. The zero-order valence-corrected chi connectivity index (χ0v) is 15.0. The van der Waals surface area contributed by atoms with Crippen LogP contribution in [-0.4, -0.2) is 39.8 Å². The van der Waals surface area contributed by atoms with E-state index in [1.807, 2.05) is 54.6 Å². The fourth-order valence-corrected chi connectivity index (χ4v) is 3.53. The highest BCUT2D eigenvalue weighted by molar-refractivity contribution is 5.93. The number of rotatable bonds is 4. The van der Waals surface area contributed by atoms with Crippen molar-refractivity contribution >= 4 is 28.8 Å². The van der Waals surface area contributed by atoms with Crippen LogP contribution in [0.5, 0.6) is 0 Å². The molecule has 27 heavy (non-hydrogen) atoms. The lowest BCUT2D eigenvalue weighted by Crippen LogP contribution is -2.44. The number of nitrogens with zero attached hydrogens (tertiary/aromatic N) is 2. The molecule has 2 aromatic carbocycles. The van der Waals surface area contributed by atoms with Gasteiger partial charge in [0.05, 0.1) is 23.4 Å². The quantitative estimate of drug-likeness (QED) is 0.749. The fraction of sp³-hybridized carbons (Fsp3) is 0.286. The van der Waals surface area contributed by atoms with Crippen LogP contribution in [0.2, 0.25) is 0 Å². The summed E-state index contributed by atoms with van der Waals surface area (Å²) in [4.78, 5) is 34.6. The third-order valence-corrected chi connectivity index (χ3v) is 4.97. The second-order valence-corrected chi connectivity index (χ2v) is 6.93. The van der Waals surface area contributed by atoms with Gasteiger partial charge in [-0.25, -0.2) is 4.98 Å². The second-order valence-electron chi connectivity index (χ2n) is 6.93. The van der Waals surface area contributed by atoms with Gasteiger partial charge in [0.2, 0.25) is 17.8 Å². The van der Waals surface area contributed by atoms with Gasteiger partial charge in [-0.05, 0) is 30.5 Å². The molecule has 1 aliphatic rings. The molecule has 2 heterocycles. The maximum Gasteiger partial charge on any atom is 0.231 e. The number of carbonyl (C=O) groups is 2. The first kappa shape index (κ1) is 17.3. The Hall–Kier alpha value is -3.15. The molecule has 0 aliphatic carbocycles. The van der Waals surface area contributed by atoms with Crippen molar-refractivity contribution in [2.24, 2.45) is 5.92 Å². The Morgan fingerprint density at radius 2 is 1.89 bits per heavy atom. The third-order valence-electron chi connectivity index (χ3n) is 4.97. The number of para-hydroxylation sites is 2. The Bertz CT molecular complexity index is 918. The van der Waals surface area contributed by atoms with Crippen molar-refractivity contribution in [3.63, 3.8) is 0 Å². The molecule has 1 aliphatic heterocycles. The minimum atomic E-state index is -0.216. The molecule has 6 heteroatoms. The van der Waals surface area contributed by atoms with Crippen LogP contribution in [0.4, 0.5) is 5.95 Å². The lowest BCUT2D eigenvalue weighted by molar-refractivity contribution is -0.133. The lowest BCUT2D eigenvalue weighted by atomic mass is 9.96. The van der Waals surface area contributed by atoms with Gasteiger partial charge in [0.15, 0.2) is 0 Å². The standard InChI is InChI=1S/C21H22N4O2/c26-19(13-15-7-2-1-3-8-15)25-12-6-9-16(14-25)20(27)24-21-22-17-10-4-5-11-18(17)23-21/h1-5,7-8,10-11,16H,6,9,12-14H2,(H2,22,23,24,27). The predicted molar refractivity (Wildman–Crippen MR) is 104 cm³/mol. The fourth-order valence-electron chi connectivity index (χ4n) is 3.53. The number of piperidine rings is 1. The molecular weight excluding hydrogens is 340 g/mol. The second kappa shape index (κ2) is 7.61. The van der Waals surface area contributed by atoms with Crippen molar-refractivity contribution in [1.29, 1.82) is 0 Å². The van der Waals surface area contributed by atoms with Crippen LogP contribution in [0.1, 0.15) is 18.4 Å². The lowest BCUT2D eigenvalue weighted by Gasteiger charge is -2.32. The molecular formula is C21H22N4O2. The van der Waals surface area contributed by atoms with Crippen molar-refractivity contribution < 1.29 is 9.59 Å². The number of carbonyl (C=O) groups excluding carboxylic acids is 2. The average Bonchev–Trinajstić information content (AvgIpc) is 3.11. The van der Waals surface area contributed by atoms with E-state index in [0.717, 1.165) is 29.4 Å². The highest BCUT2D eigenvalue weighted by atomic mass is 16.2. The highest BCUT2D eigenvalue weighted by Crippen LogP contribution is 2.20. The molecule has 1 saturated heterocycles. The molecule has 0 bridgehead atoms. The van der Waals surface area contributed by atoms with E-state index in [1.54, 1.807) is 4.90 Å². The highest BCUT2D eigenvalue weighted by Gasteiger charge is 2.28. The van der Waals surface area contributed by atoms with Crippen LogP contribution in [0.25, 0.3) is 11.0 Å². The number of benzene rings is 2. The number of imidazole rings is 1. The van der Waals surface area contributed by atoms with Crippen LogP contribution in [-0.2, 0) is 16.0 Å². The van der Waals surface area contributed by atoms with Gasteiger partial charge in [-0.1, -0.05) is 42.5 Å². The maximum absolute atomic E-state index is 12.7. The molecule has 1 unspecified atom stereocenters. The first-order chi connectivity index (χ1) is 13.2. The van der Waals surface area contributed by atoms with Gasteiger partial charge < -0.3 is 9.88 Å². The van der Waals surface area contributed by atoms with Crippen molar-refractivity contribution in [2.75, 3.05) is 18.4 Å². The van der Waals surface area contributed by atoms with E-state index in [0.29, 0.717) is 25.5 Å². The van der Waals surface area contributed by atoms with Gasteiger partial charge >= 0.3 is 0 Å². The third kappa shape index (κ3) is 4.00. The number of amides is 2. The summed E-state index contributed by atoms with van der Waals surface area (Å²) in [5.41, 5.74) is 2.70. The predicted octanol–water partition coefficient (Wildman–Crippen LogP) is 2.98. The Morgan fingerprint density at radius 1 is 1.11 bits per heavy atom. The molecule has 2 N–H and O–H groups in total. The Balaban J connectivity index is 1.38. The van der Waals surface area contributed by atoms with Crippen molar-refractivity contribution in [2.45, 2.75) is 19.3 Å². The summed E-state index contributed by atoms with van der Waals surface area (Å²) in [5.74, 6) is 0.217. The summed E-state index contributed by atoms with van der Waals surface area (Å²) in [5, 5.41) is 2.87. The van der Waals surface area contributed by atoms with E-state index in [9.17, 15) is 9.59 Å². The first-order valence-electron chi connectivity index (χ1n) is 9.26. The minimum Gasteiger partial charge on any atom is -0.342 e. The number of aromatic nitrogens is 2. The van der Waals surface area contributed by atoms with Gasteiger partial charge in [-0.2, -0.15) is 0 Å². The molecule has 0 saturated carbocycles. The van der Waals surface area contributed by atoms with Crippen LogP contribution in [0.15, 0.2) is 54.6 Å². The van der Waals surface area contributed by atoms with E-state index in [-0.39, 0.29) is 17.7 Å². The normalized spacial score (nSPS) is 17.0. The number of likely N-dealkylation sites (tertiary alicyclic amines) is 1. The summed E-state index contributed by atoms with van der Waals surface area (Å²) in [7, 11) is 0. The van der Waals surface area contributed by atoms with Crippen LogP contribution < -0.4 is 5.32 Å². The molecule has 1 aromatic heterocycles. The first-order valence-corrected chi connectivity index (χ1v) is 9.26. The van der Waals surface area contributed by atoms with E-state index >= 15 is 0 Å². The van der Waals surface area contributed by atoms with Gasteiger partial charge in [0, 0.05) is 13.1 Å². The van der Waals surface area contributed by atoms with Gasteiger partial charge in [-0.3, -0.25) is 14.9 Å². The average molecular weight is 362 g/mol. The summed E-state index contributed by atoms with van der Waals surface area (Å²) in [6, 6.07) is 17.4. The number of anilines is 1. The van der Waals surface area contributed by atoms with E-state index in [1.165, 1.54) is 0 Å². The van der Waals surface area contributed by atoms with Gasteiger partial charge in [-0.15, -0.1) is 0 Å². The Morgan fingerprint density at radius 3 is 2.70 bits per heavy atom. The van der Waals surface area contributed by atoms with Crippen LogP contribution >= 0.6 is 0 Å². The monoisotopic (exact) mass is 362 g/mol. The smallest absolute Gasteiger partial charge is 0.231 e. The summed E-state index contributed by atoms with van der Waals surface area (Å²) >= 11 is 0. The van der Waals surface area contributed by atoms with Crippen molar-refractivity contribution in [1.82, 2.24) is 14.9 Å². The van der Waals surface area contributed by atoms with Gasteiger partial charge in [0.1, 0.15) is 0 Å². The number of nitrogens with one attached hydrogen (secondary N) is 2. The molecule has 6 nitrogen and oxygen atoms in total. The zero-order valence-electron chi connectivity index (χ0n) is 15.0. The summed E-state index contributed by atoms with van der Waals surface area (Å²) < 4.78 is 0. The molecule has 4 rings (SSSR count). The maximum atomic E-state index is 12.7. The van der Waals surface area contributed by atoms with Crippen molar-refractivity contribution in [3.05, 3.63) is 60.2 Å². The molecule has 138 valence electrons. The molecule has 2 amide bonds. The van der Waals surface area contributed by atoms with E-state index < -0.39 is 0 Å². The minimum absolute atomic E-state index is 0.0717. The Kier molecular flexibility index (Phi) is 4.87. The number of aromatic amines is 1. The topological polar surface area (TPSA) is 78.1 Å². The molecule has 0 radical (unpaired) electrons. The summed E-state index contributed by atoms with van der Waals surface area (Å²) in [6.07, 6.45) is 1.98. The van der Waals surface area contributed by atoms with Gasteiger partial charge in [0.25, 0.3) is 0 Å². The summed E-state index contributed by atoms with van der Waals surface area (Å²) in [6.45, 7) is 1.16. The molecule has 0 spiro atoms. The number of fused-ring (bicyclic) bond motifs is 1. The van der Waals surface area contributed by atoms with Crippen molar-refractivity contribution in [3.8, 4) is 0 Å². The van der Waals surface area contributed by atoms with E-state index in [2.05, 4.69) is 15.3 Å². The number of H-pyrrole nitrogens is 1.